The summed E-state index contributed by atoms with van der Waals surface area (Å²) in [6.07, 6.45) is 0.649. The minimum absolute atomic E-state index is 0.0815. The fraction of sp³-hybridized carbons (Fsp3) is 0.316. The zero-order chi connectivity index (χ0) is 18.0. The lowest BCUT2D eigenvalue weighted by Crippen LogP contribution is -2.40. The third-order valence-electron chi connectivity index (χ3n) is 4.21. The molecule has 6 heteroatoms. The average Bonchev–Trinajstić information content (AvgIpc) is 3.12. The van der Waals surface area contributed by atoms with Gasteiger partial charge in [0.2, 0.25) is 5.91 Å². The van der Waals surface area contributed by atoms with Gasteiger partial charge >= 0.3 is 0 Å². The molecule has 5 nitrogen and oxygen atoms in total. The van der Waals surface area contributed by atoms with Gasteiger partial charge in [0.15, 0.2) is 0 Å². The first-order chi connectivity index (χ1) is 12.0. The van der Waals surface area contributed by atoms with E-state index in [4.69, 9.17) is 0 Å². The van der Waals surface area contributed by atoms with Gasteiger partial charge in [0, 0.05) is 17.7 Å². The molecule has 0 saturated carbocycles. The number of thiophene rings is 1. The molecule has 130 valence electrons. The number of anilines is 1. The van der Waals surface area contributed by atoms with E-state index < -0.39 is 0 Å². The van der Waals surface area contributed by atoms with E-state index in [1.54, 1.807) is 11.3 Å². The van der Waals surface area contributed by atoms with Crippen LogP contribution >= 0.6 is 11.3 Å². The van der Waals surface area contributed by atoms with Crippen LogP contribution in [-0.4, -0.2) is 17.5 Å². The highest BCUT2D eigenvalue weighted by molar-refractivity contribution is 7.10. The number of hydrazone groups is 1. The van der Waals surface area contributed by atoms with E-state index in [1.807, 2.05) is 56.5 Å². The molecule has 1 unspecified atom stereocenters. The molecule has 0 bridgehead atoms. The van der Waals surface area contributed by atoms with E-state index in [-0.39, 0.29) is 24.3 Å². The maximum atomic E-state index is 12.6. The monoisotopic (exact) mass is 355 g/mol. The van der Waals surface area contributed by atoms with Crippen molar-refractivity contribution < 1.29 is 9.59 Å². The van der Waals surface area contributed by atoms with Crippen molar-refractivity contribution >= 4 is 34.6 Å². The molecule has 1 aromatic carbocycles. The summed E-state index contributed by atoms with van der Waals surface area (Å²) in [5.41, 5.74) is 3.13. The zero-order valence-electron chi connectivity index (χ0n) is 14.6. The minimum Gasteiger partial charge on any atom is -0.344 e. The molecule has 25 heavy (non-hydrogen) atoms. The maximum Gasteiger partial charge on any atom is 0.268 e. The van der Waals surface area contributed by atoms with Crippen LogP contribution in [0.3, 0.4) is 0 Å². The Morgan fingerprint density at radius 2 is 2.08 bits per heavy atom. The van der Waals surface area contributed by atoms with Gasteiger partial charge in [-0.15, -0.1) is 11.3 Å². The van der Waals surface area contributed by atoms with Crippen molar-refractivity contribution in [3.8, 4) is 0 Å². The van der Waals surface area contributed by atoms with Crippen LogP contribution in [0.4, 0.5) is 5.69 Å². The third-order valence-corrected chi connectivity index (χ3v) is 5.26. The second kappa shape index (κ2) is 7.19. The number of benzene rings is 1. The van der Waals surface area contributed by atoms with E-state index >= 15 is 0 Å². The largest absolute Gasteiger partial charge is 0.344 e. The molecule has 0 spiro atoms. The van der Waals surface area contributed by atoms with Crippen LogP contribution in [0.25, 0.3) is 0 Å². The van der Waals surface area contributed by atoms with E-state index in [9.17, 15) is 9.59 Å². The molecule has 2 aromatic rings. The number of nitrogens with zero attached hydrogens (tertiary/aromatic N) is 2. The number of hydrogen-bond donors (Lipinski definition) is 1. The van der Waals surface area contributed by atoms with Gasteiger partial charge in [-0.25, -0.2) is 5.01 Å². The number of amides is 2. The Hall–Kier alpha value is -2.47. The summed E-state index contributed by atoms with van der Waals surface area (Å²) in [6, 6.07) is 9.74. The summed E-state index contributed by atoms with van der Waals surface area (Å²) in [6.45, 7) is 5.85. The van der Waals surface area contributed by atoms with Crippen LogP contribution in [-0.2, 0) is 9.59 Å². The van der Waals surface area contributed by atoms with Gasteiger partial charge in [-0.05, 0) is 49.4 Å². The predicted octanol–water partition coefficient (Wildman–Crippen LogP) is 3.73. The first-order valence-electron chi connectivity index (χ1n) is 8.27. The molecule has 1 aromatic heterocycles. The van der Waals surface area contributed by atoms with Crippen LogP contribution in [0.5, 0.6) is 0 Å². The van der Waals surface area contributed by atoms with Crippen molar-refractivity contribution in [1.29, 1.82) is 0 Å². The van der Waals surface area contributed by atoms with Crippen LogP contribution in [0.15, 0.2) is 40.8 Å². The normalized spacial score (nSPS) is 15.7. The van der Waals surface area contributed by atoms with Gasteiger partial charge in [0.25, 0.3) is 5.91 Å². The molecule has 1 aliphatic rings. The Morgan fingerprint density at radius 3 is 2.80 bits per heavy atom. The van der Waals surface area contributed by atoms with Crippen LogP contribution in [0.2, 0.25) is 0 Å². The zero-order valence-corrected chi connectivity index (χ0v) is 15.4. The summed E-state index contributed by atoms with van der Waals surface area (Å²) >= 11 is 1.60. The molecular weight excluding hydrogens is 334 g/mol. The molecule has 0 radical (unpaired) electrons. The van der Waals surface area contributed by atoms with Gasteiger partial charge in [0.1, 0.15) is 5.71 Å². The maximum absolute atomic E-state index is 12.6. The Morgan fingerprint density at radius 1 is 1.28 bits per heavy atom. The lowest BCUT2D eigenvalue weighted by molar-refractivity contribution is -0.119. The quantitative estimate of drug-likeness (QED) is 0.908. The summed E-state index contributed by atoms with van der Waals surface area (Å²) in [4.78, 5) is 26.0. The molecule has 1 atom stereocenters. The molecule has 2 amide bonds. The number of carbonyl (C=O) groups excluding carboxylic acids is 2. The lowest BCUT2D eigenvalue weighted by Gasteiger charge is -2.25. The predicted molar refractivity (Wildman–Crippen MR) is 101 cm³/mol. The van der Waals surface area contributed by atoms with Crippen molar-refractivity contribution in [2.45, 2.75) is 39.7 Å². The van der Waals surface area contributed by atoms with E-state index in [1.165, 1.54) is 5.01 Å². The molecule has 1 aliphatic heterocycles. The Balaban J connectivity index is 1.83. The lowest BCUT2D eigenvalue weighted by atomic mass is 10.1. The summed E-state index contributed by atoms with van der Waals surface area (Å²) < 4.78 is 0. The van der Waals surface area contributed by atoms with Gasteiger partial charge < -0.3 is 5.32 Å². The summed E-state index contributed by atoms with van der Waals surface area (Å²) in [7, 11) is 0. The van der Waals surface area contributed by atoms with E-state index in [0.29, 0.717) is 12.1 Å². The molecule has 0 fully saturated rings. The van der Waals surface area contributed by atoms with Crippen LogP contribution in [0, 0.1) is 13.8 Å². The van der Waals surface area contributed by atoms with E-state index in [0.717, 1.165) is 21.7 Å². The number of hydrogen-bond acceptors (Lipinski definition) is 4. The van der Waals surface area contributed by atoms with Gasteiger partial charge in [-0.3, -0.25) is 9.59 Å². The van der Waals surface area contributed by atoms with Crippen molar-refractivity contribution in [2.24, 2.45) is 5.10 Å². The van der Waals surface area contributed by atoms with Crippen LogP contribution in [0.1, 0.15) is 41.8 Å². The van der Waals surface area contributed by atoms with Crippen LogP contribution < -0.4 is 10.3 Å². The second-order valence-electron chi connectivity index (χ2n) is 6.25. The number of carbonyl (C=O) groups is 2. The number of nitrogens with one attached hydrogen (secondary N) is 1. The Labute approximate surface area is 151 Å². The first-order valence-corrected chi connectivity index (χ1v) is 9.15. The molecule has 3 rings (SSSR count). The fourth-order valence-corrected chi connectivity index (χ4v) is 3.48. The SMILES string of the molecule is Cc1ccc(C)c(N2N=C(C(=O)NC(C)c3cccs3)CCC2=O)c1. The van der Waals surface area contributed by atoms with Crippen molar-refractivity contribution in [2.75, 3.05) is 5.01 Å². The van der Waals surface area contributed by atoms with Gasteiger partial charge in [-0.1, -0.05) is 18.2 Å². The van der Waals surface area contributed by atoms with Gasteiger partial charge in [0.05, 0.1) is 11.7 Å². The first kappa shape index (κ1) is 17.4. The summed E-state index contributed by atoms with van der Waals surface area (Å²) in [5.74, 6) is -0.305. The van der Waals surface area contributed by atoms with E-state index in [2.05, 4.69) is 10.4 Å². The summed E-state index contributed by atoms with van der Waals surface area (Å²) in [5, 5.41) is 10.7. The van der Waals surface area contributed by atoms with Crippen molar-refractivity contribution in [3.05, 3.63) is 51.7 Å². The molecule has 1 N–H and O–H groups in total. The standard InChI is InChI=1S/C19H21N3O2S/c1-12-6-7-13(2)16(11-12)22-18(23)9-8-15(21-22)19(24)20-14(3)17-5-4-10-25-17/h4-7,10-11,14H,8-9H2,1-3H3,(H,20,24). The van der Waals surface area contributed by atoms with Crippen molar-refractivity contribution in [3.63, 3.8) is 0 Å². The number of aryl methyl sites for hydroxylation is 2. The number of rotatable bonds is 4. The highest BCUT2D eigenvalue weighted by Gasteiger charge is 2.27. The Bertz CT molecular complexity index is 827. The average molecular weight is 355 g/mol. The second-order valence-corrected chi connectivity index (χ2v) is 7.23. The molecule has 2 heterocycles. The molecular formula is C19H21N3O2S. The third kappa shape index (κ3) is 3.79. The fourth-order valence-electron chi connectivity index (χ4n) is 2.74. The highest BCUT2D eigenvalue weighted by atomic mass is 32.1. The smallest absolute Gasteiger partial charge is 0.268 e. The van der Waals surface area contributed by atoms with Gasteiger partial charge in [-0.2, -0.15) is 5.10 Å². The molecule has 0 saturated heterocycles. The van der Waals surface area contributed by atoms with Crippen molar-refractivity contribution in [1.82, 2.24) is 5.32 Å². The Kier molecular flexibility index (Phi) is 4.99. The highest BCUT2D eigenvalue weighted by Crippen LogP contribution is 2.26. The molecule has 0 aliphatic carbocycles. The minimum atomic E-state index is -0.219. The topological polar surface area (TPSA) is 61.8 Å².